The van der Waals surface area contributed by atoms with Crippen molar-refractivity contribution in [2.45, 2.75) is 13.1 Å². The molecule has 1 aromatic heterocycles. The number of hydrogen-bond donors (Lipinski definition) is 0. The van der Waals surface area contributed by atoms with Gasteiger partial charge in [-0.1, -0.05) is 29.3 Å². The van der Waals surface area contributed by atoms with Crippen molar-refractivity contribution >= 4 is 29.2 Å². The Morgan fingerprint density at radius 1 is 1.24 bits per heavy atom. The first-order valence-corrected chi connectivity index (χ1v) is 7.04. The third kappa shape index (κ3) is 4.00. The van der Waals surface area contributed by atoms with Crippen LogP contribution in [0.2, 0.25) is 10.0 Å². The molecule has 4 nitrogen and oxygen atoms in total. The second kappa shape index (κ2) is 6.98. The molecule has 2 rings (SSSR count). The van der Waals surface area contributed by atoms with Gasteiger partial charge in [0.05, 0.1) is 23.4 Å². The standard InChI is InChI=1S/C15H15Cl2NO3/c1-18(8-10-3-4-12(16)13(17)7-10)9-11-5-6-21-14(11)15(19)20-2/h3-7H,8-9H2,1-2H3. The van der Waals surface area contributed by atoms with Crippen LogP contribution < -0.4 is 0 Å². The molecule has 0 fully saturated rings. The molecule has 0 spiro atoms. The number of benzene rings is 1. The largest absolute Gasteiger partial charge is 0.463 e. The predicted molar refractivity (Wildman–Crippen MR) is 81.7 cm³/mol. The van der Waals surface area contributed by atoms with Crippen LogP contribution in [0.3, 0.4) is 0 Å². The lowest BCUT2D eigenvalue weighted by molar-refractivity contribution is 0.0562. The van der Waals surface area contributed by atoms with E-state index < -0.39 is 5.97 Å². The smallest absolute Gasteiger partial charge is 0.374 e. The van der Waals surface area contributed by atoms with Crippen molar-refractivity contribution in [3.05, 3.63) is 57.5 Å². The number of halogens is 2. The van der Waals surface area contributed by atoms with E-state index in [1.54, 1.807) is 12.1 Å². The Morgan fingerprint density at radius 2 is 2.00 bits per heavy atom. The van der Waals surface area contributed by atoms with Crippen LogP contribution in [-0.4, -0.2) is 25.0 Å². The highest BCUT2D eigenvalue weighted by atomic mass is 35.5. The summed E-state index contributed by atoms with van der Waals surface area (Å²) in [5.74, 6) is -0.239. The summed E-state index contributed by atoms with van der Waals surface area (Å²) in [7, 11) is 3.27. The number of ether oxygens (including phenoxy) is 1. The molecule has 0 radical (unpaired) electrons. The Bertz CT molecular complexity index is 640. The molecule has 0 bridgehead atoms. The zero-order chi connectivity index (χ0) is 15.4. The topological polar surface area (TPSA) is 42.7 Å². The Hall–Kier alpha value is -1.49. The maximum absolute atomic E-state index is 11.6. The fraction of sp³-hybridized carbons (Fsp3) is 0.267. The van der Waals surface area contributed by atoms with E-state index in [0.29, 0.717) is 23.1 Å². The van der Waals surface area contributed by atoms with Crippen LogP contribution in [0.15, 0.2) is 34.9 Å². The van der Waals surface area contributed by atoms with Gasteiger partial charge >= 0.3 is 5.97 Å². The number of hydrogen-bond acceptors (Lipinski definition) is 4. The lowest BCUT2D eigenvalue weighted by Gasteiger charge is -2.16. The van der Waals surface area contributed by atoms with Crippen molar-refractivity contribution in [2.75, 3.05) is 14.2 Å². The maximum Gasteiger partial charge on any atom is 0.374 e. The summed E-state index contributed by atoms with van der Waals surface area (Å²) in [4.78, 5) is 13.6. The Balaban J connectivity index is 2.05. The molecule has 0 saturated carbocycles. The van der Waals surface area contributed by atoms with Gasteiger partial charge in [-0.05, 0) is 30.8 Å². The molecule has 0 aliphatic carbocycles. The number of esters is 1. The third-order valence-electron chi connectivity index (χ3n) is 2.99. The van der Waals surface area contributed by atoms with Crippen LogP contribution in [0.25, 0.3) is 0 Å². The monoisotopic (exact) mass is 327 g/mol. The minimum absolute atomic E-state index is 0.235. The normalized spacial score (nSPS) is 10.9. The first kappa shape index (κ1) is 15.9. The summed E-state index contributed by atoms with van der Waals surface area (Å²) in [5, 5.41) is 1.06. The minimum Gasteiger partial charge on any atom is -0.463 e. The fourth-order valence-electron chi connectivity index (χ4n) is 2.03. The molecule has 112 valence electrons. The van der Waals surface area contributed by atoms with E-state index in [9.17, 15) is 4.79 Å². The fourth-order valence-corrected chi connectivity index (χ4v) is 2.35. The number of rotatable bonds is 5. The third-order valence-corrected chi connectivity index (χ3v) is 3.73. The zero-order valence-electron chi connectivity index (χ0n) is 11.7. The quantitative estimate of drug-likeness (QED) is 0.778. The average Bonchev–Trinajstić information content (AvgIpc) is 2.90. The zero-order valence-corrected chi connectivity index (χ0v) is 13.2. The van der Waals surface area contributed by atoms with Crippen molar-refractivity contribution in [3.8, 4) is 0 Å². The predicted octanol–water partition coefficient (Wildman–Crippen LogP) is 4.01. The van der Waals surface area contributed by atoms with Gasteiger partial charge in [0.25, 0.3) is 0 Å². The molecule has 1 heterocycles. The molecule has 0 aliphatic rings. The second-order valence-corrected chi connectivity index (χ2v) is 5.50. The number of nitrogens with zero attached hydrogens (tertiary/aromatic N) is 1. The SMILES string of the molecule is COC(=O)c1occc1CN(C)Cc1ccc(Cl)c(Cl)c1. The van der Waals surface area contributed by atoms with Gasteiger partial charge in [0.2, 0.25) is 5.76 Å². The van der Waals surface area contributed by atoms with Crippen molar-refractivity contribution < 1.29 is 13.9 Å². The number of methoxy groups -OCH3 is 1. The average molecular weight is 328 g/mol. The van der Waals surface area contributed by atoms with Crippen LogP contribution in [0.4, 0.5) is 0 Å². The highest BCUT2D eigenvalue weighted by Crippen LogP contribution is 2.23. The van der Waals surface area contributed by atoms with E-state index in [1.165, 1.54) is 13.4 Å². The Labute approximate surface area is 133 Å². The molecule has 0 unspecified atom stereocenters. The minimum atomic E-state index is -0.474. The molecule has 2 aromatic rings. The summed E-state index contributed by atoms with van der Waals surface area (Å²) in [6.07, 6.45) is 1.48. The molecule has 6 heteroatoms. The van der Waals surface area contributed by atoms with Gasteiger partial charge in [0.1, 0.15) is 0 Å². The molecule has 21 heavy (non-hydrogen) atoms. The Morgan fingerprint density at radius 3 is 2.67 bits per heavy atom. The van der Waals surface area contributed by atoms with E-state index in [0.717, 1.165) is 11.1 Å². The van der Waals surface area contributed by atoms with Gasteiger partial charge < -0.3 is 9.15 Å². The first-order valence-electron chi connectivity index (χ1n) is 6.28. The summed E-state index contributed by atoms with van der Waals surface area (Å²) < 4.78 is 9.84. The Kier molecular flexibility index (Phi) is 5.28. The molecule has 0 atom stereocenters. The summed E-state index contributed by atoms with van der Waals surface area (Å²) in [6.45, 7) is 1.23. The number of carbonyl (C=O) groups is 1. The first-order chi connectivity index (χ1) is 10.0. The van der Waals surface area contributed by atoms with Gasteiger partial charge in [0, 0.05) is 18.7 Å². The maximum atomic E-state index is 11.6. The molecular weight excluding hydrogens is 313 g/mol. The van der Waals surface area contributed by atoms with Gasteiger partial charge in [-0.2, -0.15) is 0 Å². The van der Waals surface area contributed by atoms with Crippen molar-refractivity contribution in [2.24, 2.45) is 0 Å². The summed E-state index contributed by atoms with van der Waals surface area (Å²) in [5.41, 5.74) is 1.82. The highest BCUT2D eigenvalue weighted by molar-refractivity contribution is 6.42. The van der Waals surface area contributed by atoms with Crippen LogP contribution in [-0.2, 0) is 17.8 Å². The van der Waals surface area contributed by atoms with Crippen LogP contribution in [0.1, 0.15) is 21.7 Å². The summed E-state index contributed by atoms with van der Waals surface area (Å²) >= 11 is 11.9. The molecule has 0 aliphatic heterocycles. The van der Waals surface area contributed by atoms with Crippen LogP contribution in [0, 0.1) is 0 Å². The van der Waals surface area contributed by atoms with E-state index in [-0.39, 0.29) is 5.76 Å². The van der Waals surface area contributed by atoms with Crippen molar-refractivity contribution in [1.29, 1.82) is 0 Å². The summed E-state index contributed by atoms with van der Waals surface area (Å²) in [6, 6.07) is 7.28. The molecular formula is C15H15Cl2NO3. The highest BCUT2D eigenvalue weighted by Gasteiger charge is 2.17. The molecule has 1 aromatic carbocycles. The molecule has 0 N–H and O–H groups in total. The molecule has 0 saturated heterocycles. The van der Waals surface area contributed by atoms with E-state index in [1.807, 2.05) is 24.1 Å². The lowest BCUT2D eigenvalue weighted by atomic mass is 10.2. The van der Waals surface area contributed by atoms with Gasteiger partial charge in [0.15, 0.2) is 0 Å². The number of carbonyl (C=O) groups excluding carboxylic acids is 1. The van der Waals surface area contributed by atoms with Gasteiger partial charge in [-0.3, -0.25) is 4.90 Å². The van der Waals surface area contributed by atoms with Gasteiger partial charge in [-0.25, -0.2) is 4.79 Å². The van der Waals surface area contributed by atoms with Crippen molar-refractivity contribution in [3.63, 3.8) is 0 Å². The van der Waals surface area contributed by atoms with Crippen molar-refractivity contribution in [1.82, 2.24) is 4.90 Å². The second-order valence-electron chi connectivity index (χ2n) is 4.69. The number of furan rings is 1. The lowest BCUT2D eigenvalue weighted by Crippen LogP contribution is -2.18. The van der Waals surface area contributed by atoms with E-state index in [4.69, 9.17) is 27.6 Å². The van der Waals surface area contributed by atoms with Crippen LogP contribution >= 0.6 is 23.2 Å². The van der Waals surface area contributed by atoms with Crippen LogP contribution in [0.5, 0.6) is 0 Å². The van der Waals surface area contributed by atoms with E-state index in [2.05, 4.69) is 4.74 Å². The van der Waals surface area contributed by atoms with Gasteiger partial charge in [-0.15, -0.1) is 0 Å². The molecule has 0 amide bonds. The van der Waals surface area contributed by atoms with E-state index >= 15 is 0 Å².